The molecule has 8 heavy (non-hydrogen) atoms. The highest BCUT2D eigenvalue weighted by molar-refractivity contribution is 5.57. The van der Waals surface area contributed by atoms with Crippen molar-refractivity contribution in [3.63, 3.8) is 0 Å². The maximum absolute atomic E-state index is 10.1. The van der Waals surface area contributed by atoms with Gasteiger partial charge in [-0.3, -0.25) is 0 Å². The molecule has 0 saturated carbocycles. The molecule has 0 radical (unpaired) electrons. The summed E-state index contributed by atoms with van der Waals surface area (Å²) in [6, 6.07) is 0. The van der Waals surface area contributed by atoms with Gasteiger partial charge in [0.25, 0.3) is 0 Å². The van der Waals surface area contributed by atoms with Gasteiger partial charge in [-0.15, -0.1) is 0 Å². The van der Waals surface area contributed by atoms with Gasteiger partial charge in [0.2, 0.25) is 0 Å². The van der Waals surface area contributed by atoms with Crippen LogP contribution in [0.25, 0.3) is 0 Å². The molecule has 1 aliphatic rings. The van der Waals surface area contributed by atoms with E-state index in [2.05, 4.69) is 6.92 Å². The van der Waals surface area contributed by atoms with Gasteiger partial charge >= 0.3 is 0 Å². The van der Waals surface area contributed by atoms with Crippen molar-refractivity contribution in [1.82, 2.24) is 0 Å². The molecule has 1 heteroatoms. The summed E-state index contributed by atoms with van der Waals surface area (Å²) in [6.07, 6.45) is 5.22. The summed E-state index contributed by atoms with van der Waals surface area (Å²) >= 11 is 0. The molecule has 1 unspecified atom stereocenters. The van der Waals surface area contributed by atoms with Crippen LogP contribution >= 0.6 is 0 Å². The van der Waals surface area contributed by atoms with Crippen LogP contribution in [0.15, 0.2) is 11.6 Å². The Morgan fingerprint density at radius 1 is 1.88 bits per heavy atom. The lowest BCUT2D eigenvalue weighted by Gasteiger charge is -1.88. The number of allylic oxidation sites excluding steroid dienone is 2. The van der Waals surface area contributed by atoms with Crippen LogP contribution in [0.2, 0.25) is 0 Å². The highest BCUT2D eigenvalue weighted by Gasteiger charge is 2.10. The van der Waals surface area contributed by atoms with Gasteiger partial charge in [-0.2, -0.15) is 0 Å². The fourth-order valence-electron chi connectivity index (χ4n) is 1.03. The maximum Gasteiger partial charge on any atom is 0.126 e. The van der Waals surface area contributed by atoms with Crippen molar-refractivity contribution in [2.45, 2.75) is 19.8 Å². The van der Waals surface area contributed by atoms with Crippen molar-refractivity contribution in [2.24, 2.45) is 5.92 Å². The summed E-state index contributed by atoms with van der Waals surface area (Å²) in [7, 11) is 0. The summed E-state index contributed by atoms with van der Waals surface area (Å²) in [5, 5.41) is 0. The first-order chi connectivity index (χ1) is 3.83. The lowest BCUT2D eigenvalue weighted by Crippen LogP contribution is -1.89. The van der Waals surface area contributed by atoms with E-state index in [0.29, 0.717) is 0 Å². The van der Waals surface area contributed by atoms with Gasteiger partial charge in [0.1, 0.15) is 6.29 Å². The highest BCUT2D eigenvalue weighted by Crippen LogP contribution is 2.20. The highest BCUT2D eigenvalue weighted by atomic mass is 16.1. The van der Waals surface area contributed by atoms with Crippen LogP contribution in [0.3, 0.4) is 0 Å². The predicted octanol–water partition coefficient (Wildman–Crippen LogP) is 1.54. The molecule has 1 atom stereocenters. The molecule has 0 aromatic carbocycles. The average Bonchev–Trinajstić information content (AvgIpc) is 2.14. The molecule has 0 heterocycles. The van der Waals surface area contributed by atoms with Crippen molar-refractivity contribution in [3.05, 3.63) is 11.6 Å². The molecular formula is C7H10O. The summed E-state index contributed by atoms with van der Waals surface area (Å²) < 4.78 is 0. The lowest BCUT2D eigenvalue weighted by atomic mass is 10.2. The number of carbonyl (C=O) groups is 1. The first-order valence-corrected chi connectivity index (χ1v) is 2.95. The monoisotopic (exact) mass is 110 g/mol. The average molecular weight is 110 g/mol. The molecule has 0 aromatic heterocycles. The van der Waals surface area contributed by atoms with E-state index in [9.17, 15) is 4.79 Å². The number of hydrogen-bond acceptors (Lipinski definition) is 1. The largest absolute Gasteiger partial charge is 0.303 e. The van der Waals surface area contributed by atoms with Crippen molar-refractivity contribution < 1.29 is 4.79 Å². The molecule has 1 nitrogen and oxygen atoms in total. The Bertz CT molecular complexity index is 124. The molecule has 44 valence electrons. The van der Waals surface area contributed by atoms with Crippen LogP contribution in [-0.4, -0.2) is 6.29 Å². The van der Waals surface area contributed by atoms with E-state index < -0.39 is 0 Å². The van der Waals surface area contributed by atoms with E-state index in [1.807, 2.05) is 6.08 Å². The Hall–Kier alpha value is -0.590. The minimum atomic E-state index is 0.231. The standard InChI is InChI=1S/C7H10O/c1-6-2-3-7(4-6)5-8/h4-5,7H,2-3H2,1H3. The second-order valence-corrected chi connectivity index (χ2v) is 2.35. The first-order valence-electron chi connectivity index (χ1n) is 2.95. The molecule has 0 fully saturated rings. The summed E-state index contributed by atoms with van der Waals surface area (Å²) in [6.45, 7) is 2.07. The fourth-order valence-corrected chi connectivity index (χ4v) is 1.03. The molecule has 0 N–H and O–H groups in total. The van der Waals surface area contributed by atoms with E-state index >= 15 is 0 Å². The number of hydrogen-bond donors (Lipinski definition) is 0. The first kappa shape index (κ1) is 5.54. The van der Waals surface area contributed by atoms with E-state index in [-0.39, 0.29) is 5.92 Å². The number of aldehydes is 1. The minimum absolute atomic E-state index is 0.231. The lowest BCUT2D eigenvalue weighted by molar-refractivity contribution is -0.109. The molecule has 0 aliphatic heterocycles. The van der Waals surface area contributed by atoms with Gasteiger partial charge in [0, 0.05) is 5.92 Å². The van der Waals surface area contributed by atoms with Gasteiger partial charge in [-0.25, -0.2) is 0 Å². The smallest absolute Gasteiger partial charge is 0.126 e. The van der Waals surface area contributed by atoms with Crippen LogP contribution in [0, 0.1) is 5.92 Å². The SMILES string of the molecule is CC1=CC(C=O)CC1. The van der Waals surface area contributed by atoms with Gasteiger partial charge in [-0.1, -0.05) is 11.6 Å². The van der Waals surface area contributed by atoms with E-state index in [0.717, 1.165) is 19.1 Å². The molecule has 0 bridgehead atoms. The predicted molar refractivity (Wildman–Crippen MR) is 32.5 cm³/mol. The molecule has 1 rings (SSSR count). The third-order valence-corrected chi connectivity index (χ3v) is 1.55. The zero-order valence-corrected chi connectivity index (χ0v) is 5.05. The summed E-state index contributed by atoms with van der Waals surface area (Å²) in [5.74, 6) is 0.231. The Morgan fingerprint density at radius 2 is 2.62 bits per heavy atom. The van der Waals surface area contributed by atoms with E-state index in [1.165, 1.54) is 5.57 Å². The van der Waals surface area contributed by atoms with E-state index in [1.54, 1.807) is 0 Å². The number of carbonyl (C=O) groups excluding carboxylic acids is 1. The number of rotatable bonds is 1. The zero-order valence-electron chi connectivity index (χ0n) is 5.05. The second-order valence-electron chi connectivity index (χ2n) is 2.35. The van der Waals surface area contributed by atoms with Gasteiger partial charge < -0.3 is 4.79 Å². The normalized spacial score (nSPS) is 27.6. The third kappa shape index (κ3) is 0.971. The molecule has 0 aromatic rings. The Morgan fingerprint density at radius 3 is 2.88 bits per heavy atom. The Kier molecular flexibility index (Phi) is 1.47. The van der Waals surface area contributed by atoms with E-state index in [4.69, 9.17) is 0 Å². The van der Waals surface area contributed by atoms with Crippen molar-refractivity contribution in [2.75, 3.05) is 0 Å². The molecule has 1 aliphatic carbocycles. The van der Waals surface area contributed by atoms with Gasteiger partial charge in [-0.05, 0) is 19.8 Å². The molecule has 0 spiro atoms. The quantitative estimate of drug-likeness (QED) is 0.369. The van der Waals surface area contributed by atoms with Gasteiger partial charge in [0.05, 0.1) is 0 Å². The topological polar surface area (TPSA) is 17.1 Å². The van der Waals surface area contributed by atoms with Crippen molar-refractivity contribution >= 4 is 6.29 Å². The van der Waals surface area contributed by atoms with Crippen LogP contribution in [0.1, 0.15) is 19.8 Å². The Balaban J connectivity index is 2.53. The second kappa shape index (κ2) is 2.12. The van der Waals surface area contributed by atoms with Crippen molar-refractivity contribution in [1.29, 1.82) is 0 Å². The van der Waals surface area contributed by atoms with Crippen LogP contribution in [0.4, 0.5) is 0 Å². The minimum Gasteiger partial charge on any atom is -0.303 e. The van der Waals surface area contributed by atoms with Crippen LogP contribution in [-0.2, 0) is 4.79 Å². The maximum atomic E-state index is 10.1. The zero-order chi connectivity index (χ0) is 5.98. The fraction of sp³-hybridized carbons (Fsp3) is 0.571. The van der Waals surface area contributed by atoms with Crippen LogP contribution < -0.4 is 0 Å². The summed E-state index contributed by atoms with van der Waals surface area (Å²) in [4.78, 5) is 10.1. The van der Waals surface area contributed by atoms with Gasteiger partial charge in [0.15, 0.2) is 0 Å². The summed E-state index contributed by atoms with van der Waals surface area (Å²) in [5.41, 5.74) is 1.36. The third-order valence-electron chi connectivity index (χ3n) is 1.55. The molecule has 0 amide bonds. The Labute approximate surface area is 49.4 Å². The molecular weight excluding hydrogens is 100 g/mol. The van der Waals surface area contributed by atoms with Crippen molar-refractivity contribution in [3.8, 4) is 0 Å². The van der Waals surface area contributed by atoms with Crippen LogP contribution in [0.5, 0.6) is 0 Å². The molecule has 0 saturated heterocycles.